The molecule has 0 saturated carbocycles. The molecule has 0 aromatic heterocycles. The van der Waals surface area contributed by atoms with Crippen molar-refractivity contribution in [1.82, 2.24) is 10.9 Å². The fraction of sp³-hybridized carbons (Fsp3) is 0.263. The Labute approximate surface area is 162 Å². The van der Waals surface area contributed by atoms with Gasteiger partial charge in [-0.05, 0) is 42.2 Å². The van der Waals surface area contributed by atoms with E-state index < -0.39 is 0 Å². The lowest BCUT2D eigenvalue weighted by Crippen LogP contribution is -2.47. The number of carbonyl (C=O) groups excluding carboxylic acids is 2. The molecule has 2 aromatic carbocycles. The third kappa shape index (κ3) is 4.68. The lowest BCUT2D eigenvalue weighted by Gasteiger charge is -2.30. The average molecular weight is 392 g/mol. The molecule has 0 spiro atoms. The smallest absolute Gasteiger partial charge is 0.257 e. The normalized spacial score (nSPS) is 13.1. The molecular formula is C19H19Cl2N3O2. The van der Waals surface area contributed by atoms with E-state index in [1.807, 2.05) is 23.1 Å². The summed E-state index contributed by atoms with van der Waals surface area (Å²) in [6.07, 6.45) is 2.13. The number of hydrogen-bond acceptors (Lipinski definition) is 3. The largest absolute Gasteiger partial charge is 0.362 e. The van der Waals surface area contributed by atoms with E-state index in [4.69, 9.17) is 23.2 Å². The highest BCUT2D eigenvalue weighted by Crippen LogP contribution is 2.26. The zero-order valence-electron chi connectivity index (χ0n) is 14.1. The van der Waals surface area contributed by atoms with E-state index in [-0.39, 0.29) is 24.8 Å². The number of nitrogens with one attached hydrogen (secondary N) is 2. The van der Waals surface area contributed by atoms with Crippen molar-refractivity contribution in [2.24, 2.45) is 0 Å². The third-order valence-electron chi connectivity index (χ3n) is 4.23. The molecule has 2 N–H and O–H groups in total. The van der Waals surface area contributed by atoms with Gasteiger partial charge >= 0.3 is 0 Å². The quantitative estimate of drug-likeness (QED) is 0.786. The number of amides is 2. The Kier molecular flexibility index (Phi) is 6.01. The molecule has 0 bridgehead atoms. The van der Waals surface area contributed by atoms with Gasteiger partial charge in [-0.3, -0.25) is 20.4 Å². The summed E-state index contributed by atoms with van der Waals surface area (Å²) in [4.78, 5) is 26.2. The van der Waals surface area contributed by atoms with Crippen LogP contribution in [0.3, 0.4) is 0 Å². The molecule has 7 heteroatoms. The number of benzene rings is 2. The van der Waals surface area contributed by atoms with Gasteiger partial charge in [0.2, 0.25) is 5.91 Å². The average Bonchev–Trinajstić information content (AvgIpc) is 2.63. The Morgan fingerprint density at radius 3 is 2.58 bits per heavy atom. The van der Waals surface area contributed by atoms with E-state index in [0.717, 1.165) is 30.6 Å². The highest BCUT2D eigenvalue weighted by atomic mass is 35.5. The maximum absolute atomic E-state index is 12.2. The van der Waals surface area contributed by atoms with Crippen LogP contribution in [0.2, 0.25) is 10.0 Å². The number of carbonyl (C=O) groups is 2. The minimum absolute atomic E-state index is 0.101. The molecule has 0 fully saturated rings. The molecule has 0 atom stereocenters. The monoisotopic (exact) mass is 391 g/mol. The van der Waals surface area contributed by atoms with E-state index in [9.17, 15) is 9.59 Å². The van der Waals surface area contributed by atoms with Crippen LogP contribution in [0.1, 0.15) is 17.5 Å². The van der Waals surface area contributed by atoms with Crippen molar-refractivity contribution in [3.8, 4) is 0 Å². The summed E-state index contributed by atoms with van der Waals surface area (Å²) in [7, 11) is 0. The van der Waals surface area contributed by atoms with Crippen LogP contribution >= 0.6 is 23.2 Å². The minimum atomic E-state index is -0.323. The lowest BCUT2D eigenvalue weighted by atomic mass is 10.0. The molecule has 3 rings (SSSR count). The second kappa shape index (κ2) is 8.43. The van der Waals surface area contributed by atoms with Crippen LogP contribution in [0, 0.1) is 0 Å². The Bertz CT molecular complexity index is 826. The van der Waals surface area contributed by atoms with E-state index in [0.29, 0.717) is 10.0 Å². The topological polar surface area (TPSA) is 61.4 Å². The summed E-state index contributed by atoms with van der Waals surface area (Å²) in [6.45, 7) is 1.02. The fourth-order valence-corrected chi connectivity index (χ4v) is 3.33. The maximum Gasteiger partial charge on any atom is 0.257 e. The van der Waals surface area contributed by atoms with Gasteiger partial charge in [-0.25, -0.2) is 0 Å². The fourth-order valence-electron chi connectivity index (χ4n) is 3.01. The zero-order chi connectivity index (χ0) is 18.5. The standard InChI is InChI=1S/C19H19Cl2N3O2/c20-15-8-7-13(10-16(15)21)11-18(25)22-23-19(26)12-24-9-3-5-14-4-1-2-6-17(14)24/h1-2,4,6-8,10H,3,5,9,11-12H2,(H,22,25)(H,23,26). The van der Waals surface area contributed by atoms with E-state index in [2.05, 4.69) is 16.9 Å². The summed E-state index contributed by atoms with van der Waals surface area (Å²) in [5.41, 5.74) is 7.95. The Morgan fingerprint density at radius 1 is 1.00 bits per heavy atom. The van der Waals surface area contributed by atoms with Crippen molar-refractivity contribution < 1.29 is 9.59 Å². The van der Waals surface area contributed by atoms with Crippen molar-refractivity contribution in [2.75, 3.05) is 18.0 Å². The molecule has 5 nitrogen and oxygen atoms in total. The van der Waals surface area contributed by atoms with Gasteiger partial charge in [0.15, 0.2) is 0 Å². The molecule has 2 aromatic rings. The van der Waals surface area contributed by atoms with Crippen LogP contribution < -0.4 is 15.8 Å². The number of hydrazine groups is 1. The first-order valence-electron chi connectivity index (χ1n) is 8.37. The highest BCUT2D eigenvalue weighted by molar-refractivity contribution is 6.42. The molecule has 2 amide bonds. The number of hydrogen-bond donors (Lipinski definition) is 2. The van der Waals surface area contributed by atoms with Gasteiger partial charge in [0, 0.05) is 12.2 Å². The van der Waals surface area contributed by atoms with Gasteiger partial charge in [0.1, 0.15) is 0 Å². The minimum Gasteiger partial charge on any atom is -0.362 e. The molecular weight excluding hydrogens is 373 g/mol. The van der Waals surface area contributed by atoms with E-state index in [1.165, 1.54) is 5.56 Å². The first-order chi connectivity index (χ1) is 12.5. The Balaban J connectivity index is 1.50. The second-order valence-electron chi connectivity index (χ2n) is 6.18. The van der Waals surface area contributed by atoms with Crippen molar-refractivity contribution in [2.45, 2.75) is 19.3 Å². The Hall–Kier alpha value is -2.24. The van der Waals surface area contributed by atoms with Crippen molar-refractivity contribution in [3.63, 3.8) is 0 Å². The molecule has 1 aliphatic heterocycles. The highest BCUT2D eigenvalue weighted by Gasteiger charge is 2.18. The van der Waals surface area contributed by atoms with Crippen LogP contribution in [-0.4, -0.2) is 24.9 Å². The zero-order valence-corrected chi connectivity index (χ0v) is 15.6. The predicted molar refractivity (Wildman–Crippen MR) is 103 cm³/mol. The summed E-state index contributed by atoms with van der Waals surface area (Å²) < 4.78 is 0. The SMILES string of the molecule is O=C(Cc1ccc(Cl)c(Cl)c1)NNC(=O)CN1CCCc2ccccc21. The molecule has 136 valence electrons. The van der Waals surface area contributed by atoms with Gasteiger partial charge in [-0.2, -0.15) is 0 Å². The first-order valence-corrected chi connectivity index (χ1v) is 9.13. The number of aryl methyl sites for hydroxylation is 1. The van der Waals surface area contributed by atoms with Crippen LogP contribution in [0.4, 0.5) is 5.69 Å². The van der Waals surface area contributed by atoms with Gasteiger partial charge in [-0.1, -0.05) is 47.5 Å². The molecule has 26 heavy (non-hydrogen) atoms. The molecule has 0 radical (unpaired) electrons. The predicted octanol–water partition coefficient (Wildman–Crippen LogP) is 3.14. The van der Waals surface area contributed by atoms with Crippen LogP contribution in [0.15, 0.2) is 42.5 Å². The number of para-hydroxylation sites is 1. The molecule has 1 aliphatic rings. The van der Waals surface area contributed by atoms with Crippen LogP contribution in [-0.2, 0) is 22.4 Å². The lowest BCUT2D eigenvalue weighted by molar-refractivity contribution is -0.127. The molecule has 0 unspecified atom stereocenters. The number of rotatable bonds is 4. The van der Waals surface area contributed by atoms with Gasteiger partial charge < -0.3 is 4.90 Å². The molecule has 1 heterocycles. The molecule has 0 saturated heterocycles. The molecule has 0 aliphatic carbocycles. The second-order valence-corrected chi connectivity index (χ2v) is 6.99. The van der Waals surface area contributed by atoms with Gasteiger partial charge in [0.25, 0.3) is 5.91 Å². The maximum atomic E-state index is 12.2. The first kappa shape index (κ1) is 18.5. The summed E-state index contributed by atoms with van der Waals surface area (Å²) in [5, 5.41) is 0.829. The number of halogens is 2. The van der Waals surface area contributed by atoms with Gasteiger partial charge in [-0.15, -0.1) is 0 Å². The Morgan fingerprint density at radius 2 is 1.77 bits per heavy atom. The number of nitrogens with zero attached hydrogens (tertiary/aromatic N) is 1. The summed E-state index contributed by atoms with van der Waals surface area (Å²) in [5.74, 6) is -0.583. The van der Waals surface area contributed by atoms with Crippen LogP contribution in [0.25, 0.3) is 0 Å². The van der Waals surface area contributed by atoms with Gasteiger partial charge in [0.05, 0.1) is 23.0 Å². The summed E-state index contributed by atoms with van der Waals surface area (Å²) in [6, 6.07) is 13.1. The van der Waals surface area contributed by atoms with E-state index in [1.54, 1.807) is 18.2 Å². The van der Waals surface area contributed by atoms with E-state index >= 15 is 0 Å². The third-order valence-corrected chi connectivity index (χ3v) is 4.97. The summed E-state index contributed by atoms with van der Waals surface area (Å²) >= 11 is 11.8. The van der Waals surface area contributed by atoms with Crippen molar-refractivity contribution in [3.05, 3.63) is 63.6 Å². The number of fused-ring (bicyclic) bond motifs is 1. The number of anilines is 1. The van der Waals surface area contributed by atoms with Crippen molar-refractivity contribution >= 4 is 40.7 Å². The van der Waals surface area contributed by atoms with Crippen LogP contribution in [0.5, 0.6) is 0 Å². The van der Waals surface area contributed by atoms with Crippen molar-refractivity contribution in [1.29, 1.82) is 0 Å².